The molecule has 0 unspecified atom stereocenters. The standard InChI is InChI=1S/C13H12Cl2FN3/c1-2-3-9-12(15)17-7-18-13(9)19-11-6-8(14)4-5-10(11)16/h4-7H,2-3H2,1H3,(H,17,18,19). The Morgan fingerprint density at radius 3 is 2.79 bits per heavy atom. The van der Waals surface area contributed by atoms with Crippen LogP contribution in [0.25, 0.3) is 0 Å². The highest BCUT2D eigenvalue weighted by Gasteiger charge is 2.11. The van der Waals surface area contributed by atoms with E-state index in [0.29, 0.717) is 22.4 Å². The summed E-state index contributed by atoms with van der Waals surface area (Å²) >= 11 is 11.9. The molecule has 0 aliphatic heterocycles. The molecule has 6 heteroatoms. The summed E-state index contributed by atoms with van der Waals surface area (Å²) in [5, 5.41) is 3.73. The SMILES string of the molecule is CCCc1c(Cl)ncnc1Nc1cc(Cl)ccc1F. The third-order valence-corrected chi connectivity index (χ3v) is 3.14. The normalized spacial score (nSPS) is 10.5. The van der Waals surface area contributed by atoms with Crippen molar-refractivity contribution in [3.63, 3.8) is 0 Å². The Bertz CT molecular complexity index is 590. The number of benzene rings is 1. The number of nitrogens with zero attached hydrogens (tertiary/aromatic N) is 2. The van der Waals surface area contributed by atoms with Crippen molar-refractivity contribution in [2.75, 3.05) is 5.32 Å². The monoisotopic (exact) mass is 299 g/mol. The van der Waals surface area contributed by atoms with Gasteiger partial charge < -0.3 is 5.32 Å². The van der Waals surface area contributed by atoms with Gasteiger partial charge in [0, 0.05) is 10.6 Å². The zero-order valence-corrected chi connectivity index (χ0v) is 11.8. The summed E-state index contributed by atoms with van der Waals surface area (Å²) in [6.45, 7) is 2.02. The molecule has 0 saturated heterocycles. The lowest BCUT2D eigenvalue weighted by Gasteiger charge is -2.12. The van der Waals surface area contributed by atoms with E-state index < -0.39 is 5.82 Å². The molecule has 100 valence electrons. The summed E-state index contributed by atoms with van der Waals surface area (Å²) in [6.07, 6.45) is 2.94. The van der Waals surface area contributed by atoms with Crippen LogP contribution in [0.2, 0.25) is 10.2 Å². The molecule has 0 aliphatic rings. The summed E-state index contributed by atoms with van der Waals surface area (Å²) in [5.41, 5.74) is 1.03. The summed E-state index contributed by atoms with van der Waals surface area (Å²) in [4.78, 5) is 8.04. The molecule has 1 aromatic heterocycles. The second-order valence-electron chi connectivity index (χ2n) is 3.99. The fourth-order valence-electron chi connectivity index (χ4n) is 1.69. The molecule has 0 aliphatic carbocycles. The molecule has 0 spiro atoms. The molecule has 0 amide bonds. The Kier molecular flexibility index (Phi) is 4.56. The summed E-state index contributed by atoms with van der Waals surface area (Å²) < 4.78 is 13.7. The number of rotatable bonds is 4. The van der Waals surface area contributed by atoms with Crippen LogP contribution in [0.15, 0.2) is 24.5 Å². The van der Waals surface area contributed by atoms with E-state index in [1.807, 2.05) is 6.92 Å². The third kappa shape index (κ3) is 3.33. The Morgan fingerprint density at radius 1 is 1.26 bits per heavy atom. The van der Waals surface area contributed by atoms with Crippen molar-refractivity contribution < 1.29 is 4.39 Å². The zero-order chi connectivity index (χ0) is 13.8. The Hall–Kier alpha value is -1.39. The van der Waals surface area contributed by atoms with Gasteiger partial charge in [-0.05, 0) is 24.6 Å². The topological polar surface area (TPSA) is 37.8 Å². The molecule has 1 heterocycles. The Morgan fingerprint density at radius 2 is 2.05 bits per heavy atom. The van der Waals surface area contributed by atoms with Gasteiger partial charge in [-0.25, -0.2) is 14.4 Å². The lowest BCUT2D eigenvalue weighted by Crippen LogP contribution is -2.02. The first-order valence-corrected chi connectivity index (χ1v) is 6.59. The van der Waals surface area contributed by atoms with E-state index in [0.717, 1.165) is 12.0 Å². The number of halogens is 3. The van der Waals surface area contributed by atoms with Crippen LogP contribution in [0.4, 0.5) is 15.9 Å². The molecule has 1 aromatic carbocycles. The van der Waals surface area contributed by atoms with Crippen molar-refractivity contribution >= 4 is 34.7 Å². The van der Waals surface area contributed by atoms with Gasteiger partial charge >= 0.3 is 0 Å². The van der Waals surface area contributed by atoms with Gasteiger partial charge in [0.2, 0.25) is 0 Å². The van der Waals surface area contributed by atoms with E-state index in [1.54, 1.807) is 0 Å². The maximum absolute atomic E-state index is 13.7. The van der Waals surface area contributed by atoms with Crippen LogP contribution in [0.3, 0.4) is 0 Å². The quantitative estimate of drug-likeness (QED) is 0.837. The van der Waals surface area contributed by atoms with Gasteiger partial charge in [-0.3, -0.25) is 0 Å². The second-order valence-corrected chi connectivity index (χ2v) is 4.79. The highest BCUT2D eigenvalue weighted by molar-refractivity contribution is 6.31. The number of aromatic nitrogens is 2. The molecule has 0 fully saturated rings. The lowest BCUT2D eigenvalue weighted by atomic mass is 10.2. The molecule has 1 N–H and O–H groups in total. The van der Waals surface area contributed by atoms with E-state index in [9.17, 15) is 4.39 Å². The van der Waals surface area contributed by atoms with Gasteiger partial charge in [0.05, 0.1) is 5.69 Å². The largest absolute Gasteiger partial charge is 0.337 e. The smallest absolute Gasteiger partial charge is 0.146 e. The highest BCUT2D eigenvalue weighted by atomic mass is 35.5. The van der Waals surface area contributed by atoms with Crippen LogP contribution >= 0.6 is 23.2 Å². The summed E-state index contributed by atoms with van der Waals surface area (Å²) in [7, 11) is 0. The minimum atomic E-state index is -0.401. The minimum absolute atomic E-state index is 0.264. The van der Waals surface area contributed by atoms with Crippen LogP contribution in [-0.2, 0) is 6.42 Å². The van der Waals surface area contributed by atoms with Gasteiger partial charge in [-0.15, -0.1) is 0 Å². The van der Waals surface area contributed by atoms with Gasteiger partial charge in [0.1, 0.15) is 23.1 Å². The van der Waals surface area contributed by atoms with Crippen LogP contribution < -0.4 is 5.32 Å². The molecule has 3 nitrogen and oxygen atoms in total. The summed E-state index contributed by atoms with van der Waals surface area (Å²) in [6, 6.07) is 4.29. The van der Waals surface area contributed by atoms with E-state index in [4.69, 9.17) is 23.2 Å². The van der Waals surface area contributed by atoms with Crippen molar-refractivity contribution in [2.24, 2.45) is 0 Å². The first kappa shape index (κ1) is 14.0. The van der Waals surface area contributed by atoms with Gasteiger partial charge in [-0.1, -0.05) is 36.5 Å². The van der Waals surface area contributed by atoms with Gasteiger partial charge in [0.25, 0.3) is 0 Å². The van der Waals surface area contributed by atoms with Crippen molar-refractivity contribution in [1.29, 1.82) is 0 Å². The number of hydrogen-bond acceptors (Lipinski definition) is 3. The molecule has 19 heavy (non-hydrogen) atoms. The molecular formula is C13H12Cl2FN3. The Labute approximate surface area is 120 Å². The van der Waals surface area contributed by atoms with Crippen molar-refractivity contribution in [2.45, 2.75) is 19.8 Å². The average molecular weight is 300 g/mol. The van der Waals surface area contributed by atoms with Crippen molar-refractivity contribution in [3.05, 3.63) is 46.1 Å². The molecule has 2 rings (SSSR count). The fraction of sp³-hybridized carbons (Fsp3) is 0.231. The van der Waals surface area contributed by atoms with Crippen LogP contribution in [0.5, 0.6) is 0 Å². The second kappa shape index (κ2) is 6.17. The predicted molar refractivity (Wildman–Crippen MR) is 75.7 cm³/mol. The minimum Gasteiger partial charge on any atom is -0.337 e. The predicted octanol–water partition coefficient (Wildman–Crippen LogP) is 4.62. The number of nitrogens with one attached hydrogen (secondary N) is 1. The van der Waals surface area contributed by atoms with Crippen LogP contribution in [0.1, 0.15) is 18.9 Å². The molecule has 0 atom stereocenters. The average Bonchev–Trinajstić information content (AvgIpc) is 2.38. The molecule has 0 bridgehead atoms. The zero-order valence-electron chi connectivity index (χ0n) is 10.3. The lowest BCUT2D eigenvalue weighted by molar-refractivity contribution is 0.631. The maximum atomic E-state index is 13.7. The maximum Gasteiger partial charge on any atom is 0.146 e. The Balaban J connectivity index is 2.37. The highest BCUT2D eigenvalue weighted by Crippen LogP contribution is 2.27. The van der Waals surface area contributed by atoms with Crippen molar-refractivity contribution in [3.8, 4) is 0 Å². The number of hydrogen-bond donors (Lipinski definition) is 1. The van der Waals surface area contributed by atoms with E-state index in [2.05, 4.69) is 15.3 Å². The van der Waals surface area contributed by atoms with E-state index in [1.165, 1.54) is 24.5 Å². The molecular weight excluding hydrogens is 288 g/mol. The molecule has 2 aromatic rings. The van der Waals surface area contributed by atoms with Crippen LogP contribution in [0, 0.1) is 5.82 Å². The van der Waals surface area contributed by atoms with Gasteiger partial charge in [0.15, 0.2) is 0 Å². The van der Waals surface area contributed by atoms with E-state index in [-0.39, 0.29) is 5.69 Å². The van der Waals surface area contributed by atoms with Crippen molar-refractivity contribution in [1.82, 2.24) is 9.97 Å². The first-order valence-electron chi connectivity index (χ1n) is 5.83. The van der Waals surface area contributed by atoms with Crippen LogP contribution in [-0.4, -0.2) is 9.97 Å². The van der Waals surface area contributed by atoms with Gasteiger partial charge in [-0.2, -0.15) is 0 Å². The summed E-state index contributed by atoms with van der Waals surface area (Å²) in [5.74, 6) is 0.101. The molecule has 0 radical (unpaired) electrons. The number of anilines is 2. The molecule has 0 saturated carbocycles. The third-order valence-electron chi connectivity index (χ3n) is 2.57. The fourth-order valence-corrected chi connectivity index (χ4v) is 2.09. The first-order chi connectivity index (χ1) is 9.11. The van der Waals surface area contributed by atoms with E-state index >= 15 is 0 Å².